The molecule has 0 aliphatic carbocycles. The predicted molar refractivity (Wildman–Crippen MR) is 70.5 cm³/mol. The molecular weight excluding hydrogens is 228 g/mol. The van der Waals surface area contributed by atoms with E-state index in [-0.39, 0.29) is 5.41 Å². The van der Waals surface area contributed by atoms with Crippen LogP contribution in [0.2, 0.25) is 0 Å². The Morgan fingerprint density at radius 1 is 1.11 bits per heavy atom. The minimum absolute atomic E-state index is 0.139. The Balaban J connectivity index is 2.96. The lowest BCUT2D eigenvalue weighted by Crippen LogP contribution is -2.41. The van der Waals surface area contributed by atoms with E-state index in [0.29, 0.717) is 11.5 Å². The summed E-state index contributed by atoms with van der Waals surface area (Å²) >= 11 is 0. The average molecular weight is 250 g/mol. The van der Waals surface area contributed by atoms with Crippen LogP contribution in [0.5, 0.6) is 0 Å². The monoisotopic (exact) mass is 250 g/mol. The molecule has 100 valence electrons. The van der Waals surface area contributed by atoms with Crippen LogP contribution >= 0.6 is 0 Å². The van der Waals surface area contributed by atoms with Crippen LogP contribution in [0.1, 0.15) is 56.6 Å². The molecule has 1 heterocycles. The molecule has 0 saturated carbocycles. The second-order valence-corrected chi connectivity index (χ2v) is 6.09. The molecule has 0 aliphatic rings. The van der Waals surface area contributed by atoms with Crippen molar-refractivity contribution in [1.82, 2.24) is 9.97 Å². The second kappa shape index (κ2) is 4.67. The van der Waals surface area contributed by atoms with Gasteiger partial charge in [0.25, 0.3) is 0 Å². The molecule has 4 nitrogen and oxygen atoms in total. The number of hydrogen-bond donors (Lipinski definition) is 0. The third-order valence-electron chi connectivity index (χ3n) is 3.33. The highest BCUT2D eigenvalue weighted by atomic mass is 16.6. The Labute approximate surface area is 109 Å². The van der Waals surface area contributed by atoms with Crippen LogP contribution in [-0.4, -0.2) is 21.5 Å². The van der Waals surface area contributed by atoms with E-state index in [2.05, 4.69) is 9.97 Å². The topological polar surface area (TPSA) is 52.1 Å². The minimum Gasteiger partial charge on any atom is -0.454 e. The van der Waals surface area contributed by atoms with E-state index < -0.39 is 11.6 Å². The number of ether oxygens (including phenoxy) is 1. The largest absolute Gasteiger partial charge is 0.454 e. The summed E-state index contributed by atoms with van der Waals surface area (Å²) in [6, 6.07) is 1.65. The predicted octanol–water partition coefficient (Wildman–Crippen LogP) is 3.07. The lowest BCUT2D eigenvalue weighted by atomic mass is 9.79. The van der Waals surface area contributed by atoms with Crippen LogP contribution in [-0.2, 0) is 4.74 Å². The fourth-order valence-electron chi connectivity index (χ4n) is 1.26. The van der Waals surface area contributed by atoms with Crippen molar-refractivity contribution in [2.75, 3.05) is 0 Å². The molecule has 0 saturated heterocycles. The third-order valence-corrected chi connectivity index (χ3v) is 3.33. The van der Waals surface area contributed by atoms with E-state index >= 15 is 0 Å². The Bertz CT molecular complexity index is 439. The number of aryl methyl sites for hydroxylation is 2. The fraction of sp³-hybridized carbons (Fsp3) is 0.643. The molecule has 0 bridgehead atoms. The Morgan fingerprint density at radius 2 is 1.67 bits per heavy atom. The second-order valence-electron chi connectivity index (χ2n) is 6.09. The number of carbonyl (C=O) groups is 1. The highest BCUT2D eigenvalue weighted by Crippen LogP contribution is 2.33. The number of esters is 1. The van der Waals surface area contributed by atoms with Gasteiger partial charge in [-0.3, -0.25) is 0 Å². The van der Waals surface area contributed by atoms with Gasteiger partial charge in [-0.05, 0) is 33.8 Å². The summed E-state index contributed by atoms with van der Waals surface area (Å²) in [7, 11) is 0. The molecule has 0 aliphatic heterocycles. The zero-order valence-corrected chi connectivity index (χ0v) is 12.3. The van der Waals surface area contributed by atoms with Crippen molar-refractivity contribution in [2.24, 2.45) is 5.41 Å². The third kappa shape index (κ3) is 3.28. The quantitative estimate of drug-likeness (QED) is 0.757. The fourth-order valence-corrected chi connectivity index (χ4v) is 1.26. The number of aromatic nitrogens is 2. The van der Waals surface area contributed by atoms with Gasteiger partial charge in [-0.2, -0.15) is 0 Å². The molecule has 0 N–H and O–H groups in total. The highest BCUT2D eigenvalue weighted by molar-refractivity contribution is 5.87. The van der Waals surface area contributed by atoms with Gasteiger partial charge in [-0.25, -0.2) is 14.8 Å². The molecule has 18 heavy (non-hydrogen) atoms. The van der Waals surface area contributed by atoms with Crippen LogP contribution in [0.15, 0.2) is 6.07 Å². The van der Waals surface area contributed by atoms with Crippen molar-refractivity contribution in [1.29, 1.82) is 0 Å². The van der Waals surface area contributed by atoms with Crippen molar-refractivity contribution in [3.05, 3.63) is 23.3 Å². The normalized spacial score (nSPS) is 12.4. The molecule has 0 spiro atoms. The standard InChI is InChI=1S/C14H22N2O2/c1-9-8-11(16-10(2)15-9)12(17)18-14(6,7)13(3,4)5/h8H,1-7H3. The van der Waals surface area contributed by atoms with Crippen LogP contribution in [0.4, 0.5) is 0 Å². The van der Waals surface area contributed by atoms with Crippen molar-refractivity contribution in [3.63, 3.8) is 0 Å². The maximum atomic E-state index is 12.1. The minimum atomic E-state index is -0.559. The maximum Gasteiger partial charge on any atom is 0.357 e. The summed E-state index contributed by atoms with van der Waals surface area (Å²) in [5.41, 5.74) is 0.386. The molecule has 1 aromatic heterocycles. The van der Waals surface area contributed by atoms with Gasteiger partial charge in [0.1, 0.15) is 11.4 Å². The summed E-state index contributed by atoms with van der Waals surface area (Å²) in [5, 5.41) is 0. The summed E-state index contributed by atoms with van der Waals surface area (Å²) < 4.78 is 5.57. The van der Waals surface area contributed by atoms with Crippen molar-refractivity contribution < 1.29 is 9.53 Å². The molecule has 0 radical (unpaired) electrons. The highest BCUT2D eigenvalue weighted by Gasteiger charge is 2.37. The molecule has 0 atom stereocenters. The van der Waals surface area contributed by atoms with Crippen LogP contribution in [0.25, 0.3) is 0 Å². The van der Waals surface area contributed by atoms with Crippen molar-refractivity contribution >= 4 is 5.97 Å². The molecular formula is C14H22N2O2. The number of carbonyl (C=O) groups excluding carboxylic acids is 1. The summed E-state index contributed by atoms with van der Waals surface area (Å²) in [5.74, 6) is 0.180. The first-order valence-electron chi connectivity index (χ1n) is 6.08. The average Bonchev–Trinajstić information content (AvgIpc) is 2.13. The first-order chi connectivity index (χ1) is 8.03. The smallest absolute Gasteiger partial charge is 0.357 e. The van der Waals surface area contributed by atoms with E-state index in [4.69, 9.17) is 4.74 Å². The van der Waals surface area contributed by atoms with E-state index in [0.717, 1.165) is 5.69 Å². The molecule has 1 rings (SSSR count). The SMILES string of the molecule is Cc1cc(C(=O)OC(C)(C)C(C)(C)C)nc(C)n1. The first-order valence-corrected chi connectivity index (χ1v) is 6.08. The number of hydrogen-bond acceptors (Lipinski definition) is 4. The molecule has 4 heteroatoms. The van der Waals surface area contributed by atoms with Gasteiger partial charge in [0.05, 0.1) is 0 Å². The van der Waals surface area contributed by atoms with E-state index in [1.165, 1.54) is 0 Å². The Kier molecular flexibility index (Phi) is 3.79. The Morgan fingerprint density at radius 3 is 2.11 bits per heavy atom. The van der Waals surface area contributed by atoms with Gasteiger partial charge in [-0.1, -0.05) is 20.8 Å². The zero-order valence-electron chi connectivity index (χ0n) is 12.3. The zero-order chi connectivity index (χ0) is 14.1. The lowest BCUT2D eigenvalue weighted by Gasteiger charge is -2.37. The molecule has 0 fully saturated rings. The van der Waals surface area contributed by atoms with E-state index in [1.807, 2.05) is 41.5 Å². The van der Waals surface area contributed by atoms with Gasteiger partial charge in [0.15, 0.2) is 5.69 Å². The van der Waals surface area contributed by atoms with E-state index in [9.17, 15) is 4.79 Å². The van der Waals surface area contributed by atoms with Gasteiger partial charge in [0.2, 0.25) is 0 Å². The van der Waals surface area contributed by atoms with Crippen molar-refractivity contribution in [3.8, 4) is 0 Å². The molecule has 1 aromatic rings. The summed E-state index contributed by atoms with van der Waals surface area (Å²) in [6.45, 7) is 13.5. The van der Waals surface area contributed by atoms with Crippen LogP contribution in [0, 0.1) is 19.3 Å². The van der Waals surface area contributed by atoms with Gasteiger partial charge >= 0.3 is 5.97 Å². The Hall–Kier alpha value is -1.45. The number of rotatable bonds is 2. The van der Waals surface area contributed by atoms with Crippen molar-refractivity contribution in [2.45, 2.75) is 54.1 Å². The number of nitrogens with zero attached hydrogens (tertiary/aromatic N) is 2. The van der Waals surface area contributed by atoms with Gasteiger partial charge in [-0.15, -0.1) is 0 Å². The van der Waals surface area contributed by atoms with Gasteiger partial charge in [0, 0.05) is 11.1 Å². The lowest BCUT2D eigenvalue weighted by molar-refractivity contribution is -0.0556. The van der Waals surface area contributed by atoms with E-state index in [1.54, 1.807) is 13.0 Å². The van der Waals surface area contributed by atoms with Crippen LogP contribution < -0.4 is 0 Å². The summed E-state index contributed by atoms with van der Waals surface area (Å²) in [4.78, 5) is 20.4. The van der Waals surface area contributed by atoms with Crippen LogP contribution in [0.3, 0.4) is 0 Å². The summed E-state index contributed by atoms with van der Waals surface area (Å²) in [6.07, 6.45) is 0. The van der Waals surface area contributed by atoms with Gasteiger partial charge < -0.3 is 4.74 Å². The maximum absolute atomic E-state index is 12.1. The molecule has 0 amide bonds. The molecule has 0 aromatic carbocycles. The molecule has 0 unspecified atom stereocenters. The first kappa shape index (κ1) is 14.6.